The van der Waals surface area contributed by atoms with E-state index >= 15 is 0 Å². The molecule has 0 saturated carbocycles. The summed E-state index contributed by atoms with van der Waals surface area (Å²) in [6.45, 7) is 4.77. The summed E-state index contributed by atoms with van der Waals surface area (Å²) in [7, 11) is 0. The van der Waals surface area contributed by atoms with Crippen LogP contribution in [0.25, 0.3) is 11.1 Å². The molecular weight excluding hydrogens is 474 g/mol. The van der Waals surface area contributed by atoms with Gasteiger partial charge >= 0.3 is 6.09 Å². The summed E-state index contributed by atoms with van der Waals surface area (Å²) in [5.41, 5.74) is 5.85. The van der Waals surface area contributed by atoms with E-state index in [1.807, 2.05) is 24.4 Å². The highest BCUT2D eigenvalue weighted by molar-refractivity contribution is 6.00. The first-order valence-corrected chi connectivity index (χ1v) is 12.7. The van der Waals surface area contributed by atoms with Crippen molar-refractivity contribution in [2.45, 2.75) is 37.6 Å². The van der Waals surface area contributed by atoms with Gasteiger partial charge in [0, 0.05) is 44.0 Å². The van der Waals surface area contributed by atoms with Crippen molar-refractivity contribution in [2.24, 2.45) is 5.16 Å². The Bertz CT molecular complexity index is 1320. The van der Waals surface area contributed by atoms with Crippen LogP contribution in [0, 0.1) is 0 Å². The summed E-state index contributed by atoms with van der Waals surface area (Å²) in [6, 6.07) is 10.2. The highest BCUT2D eigenvalue weighted by Crippen LogP contribution is 2.40. The second kappa shape index (κ2) is 9.24. The number of carbonyl (C=O) groups excluding carboxylic acids is 1. The third-order valence-corrected chi connectivity index (χ3v) is 7.51. The van der Waals surface area contributed by atoms with Gasteiger partial charge in [0.15, 0.2) is 0 Å². The lowest BCUT2D eigenvalue weighted by Gasteiger charge is -2.27. The lowest BCUT2D eigenvalue weighted by Crippen LogP contribution is -2.41. The SMILES string of the molecule is O=C1O[C@@H](Cn2ccnn2)C2Cc3cc(-c4ccc(C5=NOC(CN6CCOCC6)C5)nc4)ccc3N12. The van der Waals surface area contributed by atoms with Crippen LogP contribution in [-0.4, -0.2) is 87.8 Å². The number of carbonyl (C=O) groups is 1. The van der Waals surface area contributed by atoms with E-state index in [0.717, 1.165) is 79.5 Å². The van der Waals surface area contributed by atoms with E-state index < -0.39 is 0 Å². The van der Waals surface area contributed by atoms with Crippen molar-refractivity contribution in [1.82, 2.24) is 24.9 Å². The maximum absolute atomic E-state index is 12.6. The molecule has 7 rings (SSSR count). The fourth-order valence-corrected chi connectivity index (χ4v) is 5.61. The molecule has 190 valence electrons. The fraction of sp³-hybridized carbons (Fsp3) is 0.423. The van der Waals surface area contributed by atoms with Crippen LogP contribution in [0.2, 0.25) is 0 Å². The van der Waals surface area contributed by atoms with E-state index in [-0.39, 0.29) is 24.3 Å². The Kier molecular flexibility index (Phi) is 5.59. The van der Waals surface area contributed by atoms with Crippen molar-refractivity contribution >= 4 is 17.5 Å². The minimum absolute atomic E-state index is 0.0479. The maximum atomic E-state index is 12.6. The molecular formula is C26H27N7O4. The Morgan fingerprint density at radius 2 is 1.92 bits per heavy atom. The van der Waals surface area contributed by atoms with Gasteiger partial charge in [-0.3, -0.25) is 14.8 Å². The van der Waals surface area contributed by atoms with Crippen LogP contribution >= 0.6 is 0 Å². The lowest BCUT2D eigenvalue weighted by atomic mass is 10.00. The van der Waals surface area contributed by atoms with Crippen molar-refractivity contribution < 1.29 is 19.1 Å². The molecule has 0 aliphatic carbocycles. The minimum Gasteiger partial charge on any atom is -0.442 e. The molecule has 2 saturated heterocycles. The van der Waals surface area contributed by atoms with Crippen LogP contribution in [0.15, 0.2) is 54.1 Å². The molecule has 3 atom stereocenters. The average molecular weight is 502 g/mol. The number of anilines is 1. The van der Waals surface area contributed by atoms with Crippen molar-refractivity contribution in [3.63, 3.8) is 0 Å². The molecule has 4 aliphatic heterocycles. The van der Waals surface area contributed by atoms with Gasteiger partial charge < -0.3 is 14.3 Å². The third kappa shape index (κ3) is 4.23. The van der Waals surface area contributed by atoms with Gasteiger partial charge in [-0.15, -0.1) is 5.10 Å². The topological polar surface area (TPSA) is 107 Å². The number of oxime groups is 1. The predicted octanol–water partition coefficient (Wildman–Crippen LogP) is 2.12. The van der Waals surface area contributed by atoms with E-state index in [9.17, 15) is 4.79 Å². The van der Waals surface area contributed by atoms with E-state index in [1.165, 1.54) is 0 Å². The molecule has 2 fully saturated rings. The standard InChI is InChI=1S/C26H27N7O4/c34-26-33-23-4-2-17(11-19(23)12-24(33)25(36-26)16-32-6-5-28-30-32)18-1-3-21(27-14-18)22-13-20(37-29-22)15-31-7-9-35-10-8-31/h1-6,11,14,20,24-25H,7-10,12-13,15-16H2/t20?,24?,25-/m0/s1. The van der Waals surface area contributed by atoms with Gasteiger partial charge in [-0.2, -0.15) is 0 Å². The maximum Gasteiger partial charge on any atom is 0.415 e. The largest absolute Gasteiger partial charge is 0.442 e. The molecule has 2 aromatic heterocycles. The molecule has 6 heterocycles. The van der Waals surface area contributed by atoms with Gasteiger partial charge in [-0.05, 0) is 35.7 Å². The number of benzene rings is 1. The Labute approximate surface area is 213 Å². The molecule has 0 spiro atoms. The summed E-state index contributed by atoms with van der Waals surface area (Å²) in [4.78, 5) is 27.1. The second-order valence-electron chi connectivity index (χ2n) is 9.85. The molecule has 37 heavy (non-hydrogen) atoms. The fourth-order valence-electron chi connectivity index (χ4n) is 5.61. The Balaban J connectivity index is 1.03. The molecule has 11 nitrogen and oxygen atoms in total. The molecule has 4 aliphatic rings. The highest BCUT2D eigenvalue weighted by atomic mass is 16.6. The number of aromatic nitrogens is 4. The number of amides is 1. The predicted molar refractivity (Wildman–Crippen MR) is 133 cm³/mol. The normalized spacial score (nSPS) is 25.0. The van der Waals surface area contributed by atoms with Crippen LogP contribution in [0.1, 0.15) is 17.7 Å². The summed E-state index contributed by atoms with van der Waals surface area (Å²) in [5, 5.41) is 12.2. The van der Waals surface area contributed by atoms with Crippen molar-refractivity contribution in [2.75, 3.05) is 37.7 Å². The molecule has 0 N–H and O–H groups in total. The summed E-state index contributed by atoms with van der Waals surface area (Å²) in [5.74, 6) is 0. The number of hydrogen-bond donors (Lipinski definition) is 0. The van der Waals surface area contributed by atoms with Gasteiger partial charge in [0.25, 0.3) is 0 Å². The molecule has 1 aromatic carbocycles. The second-order valence-corrected chi connectivity index (χ2v) is 9.85. The first-order chi connectivity index (χ1) is 18.2. The van der Waals surface area contributed by atoms with Crippen LogP contribution in [-0.2, 0) is 27.3 Å². The Morgan fingerprint density at radius 3 is 2.73 bits per heavy atom. The van der Waals surface area contributed by atoms with Gasteiger partial charge in [0.1, 0.15) is 17.9 Å². The molecule has 11 heteroatoms. The van der Waals surface area contributed by atoms with Crippen LogP contribution in [0.5, 0.6) is 0 Å². The number of pyridine rings is 1. The number of morpholine rings is 1. The zero-order chi connectivity index (χ0) is 24.8. The summed E-state index contributed by atoms with van der Waals surface area (Å²) >= 11 is 0. The van der Waals surface area contributed by atoms with Crippen LogP contribution in [0.4, 0.5) is 10.5 Å². The van der Waals surface area contributed by atoms with E-state index in [2.05, 4.69) is 32.5 Å². The van der Waals surface area contributed by atoms with E-state index in [0.29, 0.717) is 6.54 Å². The Morgan fingerprint density at radius 1 is 1.03 bits per heavy atom. The molecule has 1 amide bonds. The number of rotatable bonds is 6. The summed E-state index contributed by atoms with van der Waals surface area (Å²) < 4.78 is 12.8. The van der Waals surface area contributed by atoms with Gasteiger partial charge in [-0.25, -0.2) is 9.48 Å². The minimum atomic E-state index is -0.306. The third-order valence-electron chi connectivity index (χ3n) is 7.51. The van der Waals surface area contributed by atoms with Crippen molar-refractivity contribution in [3.05, 3.63) is 60.2 Å². The Hall–Kier alpha value is -3.83. The van der Waals surface area contributed by atoms with Gasteiger partial charge in [0.05, 0.1) is 43.4 Å². The number of hydrogen-bond acceptors (Lipinski definition) is 9. The van der Waals surface area contributed by atoms with Gasteiger partial charge in [0.2, 0.25) is 0 Å². The van der Waals surface area contributed by atoms with E-state index in [4.69, 9.17) is 19.3 Å². The number of nitrogens with zero attached hydrogens (tertiary/aromatic N) is 7. The number of fused-ring (bicyclic) bond motifs is 3. The summed E-state index contributed by atoms with van der Waals surface area (Å²) in [6.07, 6.45) is 6.25. The van der Waals surface area contributed by atoms with Crippen molar-refractivity contribution in [3.8, 4) is 11.1 Å². The van der Waals surface area contributed by atoms with Crippen LogP contribution < -0.4 is 4.90 Å². The first-order valence-electron chi connectivity index (χ1n) is 12.7. The zero-order valence-electron chi connectivity index (χ0n) is 20.3. The molecule has 0 bridgehead atoms. The molecule has 2 unspecified atom stereocenters. The molecule has 3 aromatic rings. The van der Waals surface area contributed by atoms with E-state index in [1.54, 1.807) is 22.0 Å². The molecule has 0 radical (unpaired) electrons. The number of ether oxygens (including phenoxy) is 2. The average Bonchev–Trinajstić information content (AvgIpc) is 3.72. The van der Waals surface area contributed by atoms with Crippen molar-refractivity contribution in [1.29, 1.82) is 0 Å². The monoisotopic (exact) mass is 501 g/mol. The highest BCUT2D eigenvalue weighted by Gasteiger charge is 2.47. The van der Waals surface area contributed by atoms with Crippen LogP contribution in [0.3, 0.4) is 0 Å². The zero-order valence-corrected chi connectivity index (χ0v) is 20.3. The lowest BCUT2D eigenvalue weighted by molar-refractivity contribution is -0.0000401. The smallest absolute Gasteiger partial charge is 0.415 e. The first kappa shape index (κ1) is 22.4. The number of cyclic esters (lactones) is 1. The van der Waals surface area contributed by atoms with Gasteiger partial charge in [-0.1, -0.05) is 22.5 Å². The quantitative estimate of drug-likeness (QED) is 0.506.